The molecule has 1 fully saturated rings. The van der Waals surface area contributed by atoms with Crippen molar-refractivity contribution in [2.24, 2.45) is 5.92 Å². The normalized spacial score (nSPS) is 15.2. The van der Waals surface area contributed by atoms with Gasteiger partial charge in [-0.25, -0.2) is 0 Å². The van der Waals surface area contributed by atoms with E-state index in [9.17, 15) is 4.79 Å². The Bertz CT molecular complexity index is 918. The maximum atomic E-state index is 11.7. The largest absolute Gasteiger partial charge is 0.493 e. The lowest BCUT2D eigenvalue weighted by Gasteiger charge is -2.13. The number of hydrogen-bond acceptors (Lipinski definition) is 6. The summed E-state index contributed by atoms with van der Waals surface area (Å²) >= 11 is 7.30. The zero-order valence-corrected chi connectivity index (χ0v) is 21.0. The van der Waals surface area contributed by atoms with E-state index in [0.29, 0.717) is 23.2 Å². The average Bonchev–Trinajstić information content (AvgIpc) is 3.30. The Kier molecular flexibility index (Phi) is 10.4. The SMILES string of the molecule is CCC(C)C(=O)OCCCCCCCOc1cc(=S)oc2c(SC3CCCC3)cccc12. The van der Waals surface area contributed by atoms with Crippen LogP contribution in [0.2, 0.25) is 0 Å². The highest BCUT2D eigenvalue weighted by atomic mass is 32.2. The smallest absolute Gasteiger partial charge is 0.308 e. The number of unbranched alkanes of at least 4 members (excludes halogenated alkanes) is 4. The van der Waals surface area contributed by atoms with Gasteiger partial charge in [0.2, 0.25) is 0 Å². The predicted octanol–water partition coefficient (Wildman–Crippen LogP) is 8.12. The number of hydrogen-bond donors (Lipinski definition) is 0. The first kappa shape index (κ1) is 25.1. The van der Waals surface area contributed by atoms with Crippen LogP contribution >= 0.6 is 24.0 Å². The molecule has 1 aromatic heterocycles. The molecule has 0 aliphatic heterocycles. The molecule has 1 aliphatic carbocycles. The van der Waals surface area contributed by atoms with Crippen LogP contribution in [0.25, 0.3) is 11.0 Å². The molecule has 1 atom stereocenters. The number of para-hydroxylation sites is 1. The lowest BCUT2D eigenvalue weighted by atomic mass is 10.1. The van der Waals surface area contributed by atoms with Crippen molar-refractivity contribution < 1.29 is 18.7 Å². The van der Waals surface area contributed by atoms with Gasteiger partial charge in [0.05, 0.1) is 29.4 Å². The molecule has 2 aromatic rings. The van der Waals surface area contributed by atoms with E-state index in [0.717, 1.165) is 55.2 Å². The van der Waals surface area contributed by atoms with Gasteiger partial charge in [0, 0.05) is 11.3 Å². The second kappa shape index (κ2) is 13.2. The number of thioether (sulfide) groups is 1. The fourth-order valence-electron chi connectivity index (χ4n) is 3.93. The third-order valence-corrected chi connectivity index (χ3v) is 7.68. The first-order valence-electron chi connectivity index (χ1n) is 12.1. The minimum absolute atomic E-state index is 0.00188. The van der Waals surface area contributed by atoms with Crippen LogP contribution in [0.4, 0.5) is 0 Å². The molecule has 1 heterocycles. The summed E-state index contributed by atoms with van der Waals surface area (Å²) in [6, 6.07) is 8.10. The number of carbonyl (C=O) groups excluding carboxylic acids is 1. The Morgan fingerprint density at radius 1 is 1.16 bits per heavy atom. The van der Waals surface area contributed by atoms with E-state index in [-0.39, 0.29) is 11.9 Å². The van der Waals surface area contributed by atoms with Gasteiger partial charge in [0.15, 0.2) is 10.3 Å². The summed E-state index contributed by atoms with van der Waals surface area (Å²) in [7, 11) is 0. The van der Waals surface area contributed by atoms with Gasteiger partial charge in [-0.05, 0) is 56.5 Å². The molecule has 1 aliphatic rings. The average molecular weight is 477 g/mol. The molecule has 0 N–H and O–H groups in total. The topological polar surface area (TPSA) is 48.7 Å². The van der Waals surface area contributed by atoms with Crippen LogP contribution in [-0.4, -0.2) is 24.4 Å². The minimum Gasteiger partial charge on any atom is -0.493 e. The molecule has 6 heteroatoms. The Balaban J connectivity index is 1.42. The van der Waals surface area contributed by atoms with Crippen molar-refractivity contribution in [2.75, 3.05) is 13.2 Å². The summed E-state index contributed by atoms with van der Waals surface area (Å²) in [6.45, 7) is 5.11. The van der Waals surface area contributed by atoms with Gasteiger partial charge in [-0.15, -0.1) is 11.8 Å². The number of fused-ring (bicyclic) bond motifs is 1. The molecular formula is C26H36O4S2. The number of carbonyl (C=O) groups is 1. The zero-order valence-electron chi connectivity index (χ0n) is 19.4. The molecular weight excluding hydrogens is 440 g/mol. The third kappa shape index (κ3) is 7.51. The summed E-state index contributed by atoms with van der Waals surface area (Å²) in [5, 5.41) is 1.68. The molecule has 1 aromatic carbocycles. The fourth-order valence-corrected chi connectivity index (χ4v) is 5.46. The van der Waals surface area contributed by atoms with Gasteiger partial charge >= 0.3 is 5.97 Å². The summed E-state index contributed by atoms with van der Waals surface area (Å²) in [5.41, 5.74) is 0.860. The molecule has 32 heavy (non-hydrogen) atoms. The van der Waals surface area contributed by atoms with Crippen LogP contribution < -0.4 is 4.74 Å². The number of rotatable bonds is 13. The van der Waals surface area contributed by atoms with Crippen molar-refractivity contribution in [1.82, 2.24) is 0 Å². The van der Waals surface area contributed by atoms with Crippen molar-refractivity contribution in [1.29, 1.82) is 0 Å². The van der Waals surface area contributed by atoms with Gasteiger partial charge in [0.1, 0.15) is 5.75 Å². The second-order valence-corrected chi connectivity index (χ2v) is 10.4. The summed E-state index contributed by atoms with van der Waals surface area (Å²) < 4.78 is 17.8. The van der Waals surface area contributed by atoms with Crippen LogP contribution in [-0.2, 0) is 9.53 Å². The monoisotopic (exact) mass is 476 g/mol. The maximum Gasteiger partial charge on any atom is 0.308 e. The van der Waals surface area contributed by atoms with Crippen molar-refractivity contribution in [2.45, 2.75) is 88.2 Å². The number of esters is 1. The fraction of sp³-hybridized carbons (Fsp3) is 0.615. The van der Waals surface area contributed by atoms with Crippen molar-refractivity contribution >= 4 is 40.9 Å². The van der Waals surface area contributed by atoms with Gasteiger partial charge in [0.25, 0.3) is 0 Å². The molecule has 0 spiro atoms. The standard InChI is InChI=1S/C26H36O4S2/c1-3-19(2)26(27)29-17-10-6-4-5-9-16-28-22-18-24(31)30-25-21(22)14-11-15-23(25)32-20-12-7-8-13-20/h11,14-15,18-20H,3-10,12-13,16-17H2,1-2H3. The van der Waals surface area contributed by atoms with Crippen LogP contribution in [0.15, 0.2) is 33.6 Å². The molecule has 3 rings (SSSR count). The van der Waals surface area contributed by atoms with Crippen LogP contribution in [0.1, 0.15) is 78.1 Å². The second-order valence-electron chi connectivity index (χ2n) is 8.68. The number of benzene rings is 1. The minimum atomic E-state index is -0.0753. The molecule has 1 saturated carbocycles. The van der Waals surface area contributed by atoms with Gasteiger partial charge < -0.3 is 13.9 Å². The molecule has 0 saturated heterocycles. The first-order valence-corrected chi connectivity index (χ1v) is 13.4. The molecule has 0 amide bonds. The molecule has 0 radical (unpaired) electrons. The Morgan fingerprint density at radius 2 is 1.88 bits per heavy atom. The predicted molar refractivity (Wildman–Crippen MR) is 134 cm³/mol. The lowest BCUT2D eigenvalue weighted by Crippen LogP contribution is -2.14. The highest BCUT2D eigenvalue weighted by molar-refractivity contribution is 8.00. The van der Waals surface area contributed by atoms with E-state index < -0.39 is 0 Å². The first-order chi connectivity index (χ1) is 15.6. The lowest BCUT2D eigenvalue weighted by molar-refractivity contribution is -0.148. The Morgan fingerprint density at radius 3 is 2.62 bits per heavy atom. The van der Waals surface area contributed by atoms with Crippen LogP contribution in [0.5, 0.6) is 5.75 Å². The maximum absolute atomic E-state index is 11.7. The van der Waals surface area contributed by atoms with E-state index in [2.05, 4.69) is 18.2 Å². The van der Waals surface area contributed by atoms with Crippen molar-refractivity contribution in [3.63, 3.8) is 0 Å². The van der Waals surface area contributed by atoms with E-state index in [1.54, 1.807) is 0 Å². The Hall–Kier alpha value is -1.53. The van der Waals surface area contributed by atoms with E-state index in [1.807, 2.05) is 31.7 Å². The van der Waals surface area contributed by atoms with Gasteiger partial charge in [-0.2, -0.15) is 0 Å². The quantitative estimate of drug-likeness (QED) is 0.165. The molecule has 176 valence electrons. The molecule has 0 bridgehead atoms. The summed E-state index contributed by atoms with van der Waals surface area (Å²) in [5.74, 6) is 0.748. The number of ether oxygens (including phenoxy) is 2. The van der Waals surface area contributed by atoms with Crippen molar-refractivity contribution in [3.05, 3.63) is 29.0 Å². The van der Waals surface area contributed by atoms with E-state index >= 15 is 0 Å². The van der Waals surface area contributed by atoms with E-state index in [4.69, 9.17) is 26.1 Å². The molecule has 4 nitrogen and oxygen atoms in total. The summed E-state index contributed by atoms with van der Waals surface area (Å²) in [6.07, 6.45) is 11.2. The highest BCUT2D eigenvalue weighted by Crippen LogP contribution is 2.40. The van der Waals surface area contributed by atoms with E-state index in [1.165, 1.54) is 30.6 Å². The Labute approximate surface area is 201 Å². The third-order valence-electron chi connectivity index (χ3n) is 6.10. The summed E-state index contributed by atoms with van der Waals surface area (Å²) in [4.78, 5) is 12.8. The van der Waals surface area contributed by atoms with Crippen LogP contribution in [0.3, 0.4) is 0 Å². The molecule has 1 unspecified atom stereocenters. The zero-order chi connectivity index (χ0) is 22.8. The highest BCUT2D eigenvalue weighted by Gasteiger charge is 2.19. The van der Waals surface area contributed by atoms with Crippen molar-refractivity contribution in [3.8, 4) is 5.75 Å². The van der Waals surface area contributed by atoms with Crippen LogP contribution in [0, 0.1) is 10.6 Å². The van der Waals surface area contributed by atoms with Gasteiger partial charge in [-0.1, -0.05) is 52.0 Å². The van der Waals surface area contributed by atoms with Gasteiger partial charge in [-0.3, -0.25) is 4.79 Å².